The Morgan fingerprint density at radius 1 is 1.06 bits per heavy atom. The monoisotopic (exact) mass is 451 g/mol. The van der Waals surface area contributed by atoms with Crippen LogP contribution >= 0.6 is 0 Å². The zero-order valence-electron chi connectivity index (χ0n) is 17.0. The molecule has 3 rings (SSSR count). The highest BCUT2D eigenvalue weighted by Gasteiger charge is 2.37. The maximum absolute atomic E-state index is 13.8. The number of fused-ring (bicyclic) bond motifs is 1. The first-order chi connectivity index (χ1) is 15.2. The van der Waals surface area contributed by atoms with Crippen LogP contribution in [0.2, 0.25) is 0 Å². The first-order valence-electron chi connectivity index (χ1n) is 9.92. The average Bonchev–Trinajstić information content (AvgIpc) is 3.11. The van der Waals surface area contributed by atoms with Crippen molar-refractivity contribution in [2.45, 2.75) is 32.0 Å². The summed E-state index contributed by atoms with van der Waals surface area (Å²) in [7, 11) is 0. The number of rotatable bonds is 9. The van der Waals surface area contributed by atoms with Crippen LogP contribution in [-0.4, -0.2) is 44.5 Å². The first kappa shape index (κ1) is 23.2. The fourth-order valence-electron chi connectivity index (χ4n) is 3.48. The highest BCUT2D eigenvalue weighted by atomic mass is 19.4. The van der Waals surface area contributed by atoms with E-state index in [9.17, 15) is 27.2 Å². The largest absolute Gasteiger partial charge is 0.480 e. The molecule has 0 aliphatic carbocycles. The quantitative estimate of drug-likeness (QED) is 0.497. The van der Waals surface area contributed by atoms with E-state index >= 15 is 0 Å². The van der Waals surface area contributed by atoms with Crippen LogP contribution in [0.1, 0.15) is 24.2 Å². The van der Waals surface area contributed by atoms with E-state index in [0.717, 1.165) is 9.47 Å². The number of amides is 1. The Kier molecular flexibility index (Phi) is 7.12. The lowest BCUT2D eigenvalue weighted by atomic mass is 10.1. The van der Waals surface area contributed by atoms with E-state index in [1.54, 1.807) is 24.3 Å². The van der Waals surface area contributed by atoms with Crippen molar-refractivity contribution >= 4 is 22.9 Å². The molecule has 32 heavy (non-hydrogen) atoms. The Labute approximate surface area is 181 Å². The minimum absolute atomic E-state index is 0.0200. The molecular formula is C22H21F4N3O3. The van der Waals surface area contributed by atoms with Crippen molar-refractivity contribution < 1.29 is 32.3 Å². The van der Waals surface area contributed by atoms with Gasteiger partial charge < -0.3 is 14.6 Å². The number of carbonyl (C=O) groups excluding carboxylic acids is 1. The number of para-hydroxylation sites is 2. The normalized spacial score (nSPS) is 11.6. The summed E-state index contributed by atoms with van der Waals surface area (Å²) in [5.41, 5.74) is 0.841. The minimum atomic E-state index is -4.65. The predicted octanol–water partition coefficient (Wildman–Crippen LogP) is 4.13. The van der Waals surface area contributed by atoms with Gasteiger partial charge in [-0.2, -0.15) is 13.2 Å². The van der Waals surface area contributed by atoms with Crippen LogP contribution < -0.4 is 0 Å². The molecule has 1 N–H and O–H groups in total. The number of imidazole rings is 1. The number of hydrogen-bond donors (Lipinski definition) is 1. The molecule has 170 valence electrons. The molecule has 10 heteroatoms. The zero-order valence-corrected chi connectivity index (χ0v) is 17.0. The number of halogens is 4. The summed E-state index contributed by atoms with van der Waals surface area (Å²) in [4.78, 5) is 28.5. The molecule has 0 atom stereocenters. The van der Waals surface area contributed by atoms with Crippen LogP contribution in [-0.2, 0) is 28.7 Å². The summed E-state index contributed by atoms with van der Waals surface area (Å²) in [5.74, 6) is -3.26. The summed E-state index contributed by atoms with van der Waals surface area (Å²) in [5, 5.41) is 9.10. The van der Waals surface area contributed by atoms with E-state index in [0.29, 0.717) is 11.1 Å². The lowest BCUT2D eigenvalue weighted by molar-refractivity contribution is -0.147. The van der Waals surface area contributed by atoms with Crippen molar-refractivity contribution in [3.63, 3.8) is 0 Å². The predicted molar refractivity (Wildman–Crippen MR) is 108 cm³/mol. The highest BCUT2D eigenvalue weighted by molar-refractivity contribution is 5.81. The van der Waals surface area contributed by atoms with E-state index < -0.39 is 36.2 Å². The molecule has 0 bridgehead atoms. The second-order valence-corrected chi connectivity index (χ2v) is 7.23. The van der Waals surface area contributed by atoms with E-state index in [2.05, 4.69) is 4.98 Å². The number of benzene rings is 2. The zero-order chi connectivity index (χ0) is 23.3. The average molecular weight is 451 g/mol. The topological polar surface area (TPSA) is 75.4 Å². The standard InChI is InChI=1S/C22H21F4N3O3/c23-16-7-2-1-6-15(16)11-13-28(14-20(31)32)19(30)10-5-12-29-18-9-4-3-8-17(18)27-21(29)22(24,25)26/h1-4,6-9H,5,10-14H2,(H,31,32). The van der Waals surface area contributed by atoms with Crippen molar-refractivity contribution in [2.24, 2.45) is 0 Å². The maximum atomic E-state index is 13.8. The van der Waals surface area contributed by atoms with Gasteiger partial charge >= 0.3 is 12.1 Å². The summed E-state index contributed by atoms with van der Waals surface area (Å²) >= 11 is 0. The van der Waals surface area contributed by atoms with E-state index in [4.69, 9.17) is 5.11 Å². The Morgan fingerprint density at radius 2 is 1.75 bits per heavy atom. The van der Waals surface area contributed by atoms with Gasteiger partial charge in [0.1, 0.15) is 12.4 Å². The first-order valence-corrected chi connectivity index (χ1v) is 9.92. The van der Waals surface area contributed by atoms with Gasteiger partial charge in [0.2, 0.25) is 11.7 Å². The lowest BCUT2D eigenvalue weighted by Gasteiger charge is -2.21. The smallest absolute Gasteiger partial charge is 0.449 e. The molecule has 0 saturated carbocycles. The van der Waals surface area contributed by atoms with Gasteiger partial charge in [-0.15, -0.1) is 0 Å². The summed E-state index contributed by atoms with van der Waals surface area (Å²) in [6.07, 6.45) is -4.64. The van der Waals surface area contributed by atoms with Gasteiger partial charge in [0.15, 0.2) is 0 Å². The second-order valence-electron chi connectivity index (χ2n) is 7.23. The van der Waals surface area contributed by atoms with Gasteiger partial charge in [-0.1, -0.05) is 30.3 Å². The number of carboxylic acids is 1. The maximum Gasteiger partial charge on any atom is 0.449 e. The third-order valence-electron chi connectivity index (χ3n) is 4.97. The highest BCUT2D eigenvalue weighted by Crippen LogP contribution is 2.31. The number of aromatic nitrogens is 2. The van der Waals surface area contributed by atoms with Crippen LogP contribution in [0.15, 0.2) is 48.5 Å². The number of nitrogens with zero attached hydrogens (tertiary/aromatic N) is 3. The van der Waals surface area contributed by atoms with Crippen LogP contribution in [0.5, 0.6) is 0 Å². The summed E-state index contributed by atoms with van der Waals surface area (Å²) in [6.45, 7) is -0.710. The second kappa shape index (κ2) is 9.80. The Morgan fingerprint density at radius 3 is 2.44 bits per heavy atom. The summed E-state index contributed by atoms with van der Waals surface area (Å²) < 4.78 is 55.0. The number of aryl methyl sites for hydroxylation is 1. The Balaban J connectivity index is 1.68. The molecule has 2 aromatic carbocycles. The van der Waals surface area contributed by atoms with Gasteiger partial charge in [-0.05, 0) is 36.6 Å². The molecule has 1 aromatic heterocycles. The van der Waals surface area contributed by atoms with Crippen molar-refractivity contribution in [3.05, 3.63) is 65.7 Å². The van der Waals surface area contributed by atoms with E-state index in [1.165, 1.54) is 24.3 Å². The van der Waals surface area contributed by atoms with E-state index in [1.807, 2.05) is 0 Å². The fraction of sp³-hybridized carbons (Fsp3) is 0.318. The van der Waals surface area contributed by atoms with Crippen LogP contribution in [0.3, 0.4) is 0 Å². The van der Waals surface area contributed by atoms with Crippen LogP contribution in [0.4, 0.5) is 17.6 Å². The fourth-order valence-corrected chi connectivity index (χ4v) is 3.48. The molecule has 0 radical (unpaired) electrons. The molecule has 0 aliphatic heterocycles. The Hall–Kier alpha value is -3.43. The third kappa shape index (κ3) is 5.63. The van der Waals surface area contributed by atoms with Crippen LogP contribution in [0.25, 0.3) is 11.0 Å². The molecule has 1 amide bonds. The molecule has 0 unspecified atom stereocenters. The number of alkyl halides is 3. The molecule has 0 spiro atoms. The molecule has 6 nitrogen and oxygen atoms in total. The van der Waals surface area contributed by atoms with Gasteiger partial charge in [0.25, 0.3) is 0 Å². The molecule has 3 aromatic rings. The number of aliphatic carboxylic acids is 1. The SMILES string of the molecule is O=C(O)CN(CCc1ccccc1F)C(=O)CCCn1c(C(F)(F)F)nc2ccccc21. The van der Waals surface area contributed by atoms with Crippen LogP contribution in [0, 0.1) is 5.82 Å². The third-order valence-corrected chi connectivity index (χ3v) is 4.97. The van der Waals surface area contributed by atoms with Crippen molar-refractivity contribution in [3.8, 4) is 0 Å². The molecular weight excluding hydrogens is 430 g/mol. The van der Waals surface area contributed by atoms with E-state index in [-0.39, 0.29) is 37.9 Å². The van der Waals surface area contributed by atoms with Crippen molar-refractivity contribution in [1.82, 2.24) is 14.5 Å². The lowest BCUT2D eigenvalue weighted by Crippen LogP contribution is -2.37. The Bertz CT molecular complexity index is 1110. The molecule has 1 heterocycles. The minimum Gasteiger partial charge on any atom is -0.480 e. The summed E-state index contributed by atoms with van der Waals surface area (Å²) in [6, 6.07) is 12.2. The van der Waals surface area contributed by atoms with Gasteiger partial charge in [-0.25, -0.2) is 9.37 Å². The number of carbonyl (C=O) groups is 2. The van der Waals surface area contributed by atoms with Crippen molar-refractivity contribution in [2.75, 3.05) is 13.1 Å². The van der Waals surface area contributed by atoms with Crippen molar-refractivity contribution in [1.29, 1.82) is 0 Å². The molecule has 0 fully saturated rings. The molecule has 0 saturated heterocycles. The van der Waals surface area contributed by atoms with Gasteiger partial charge in [0, 0.05) is 19.5 Å². The number of carboxylic acid groups (broad SMARTS) is 1. The molecule has 0 aliphatic rings. The van der Waals surface area contributed by atoms with Gasteiger partial charge in [-0.3, -0.25) is 9.59 Å². The number of hydrogen-bond acceptors (Lipinski definition) is 3. The van der Waals surface area contributed by atoms with Gasteiger partial charge in [0.05, 0.1) is 11.0 Å².